The summed E-state index contributed by atoms with van der Waals surface area (Å²) in [6.45, 7) is 23.1. The van der Waals surface area contributed by atoms with E-state index in [1.165, 1.54) is 0 Å². The minimum Gasteiger partial charge on any atom is -0.444 e. The molecular weight excluding hydrogens is 492 g/mol. The van der Waals surface area contributed by atoms with Gasteiger partial charge in [-0.15, -0.1) is 0 Å². The molecule has 0 spiro atoms. The van der Waals surface area contributed by atoms with Gasteiger partial charge in [-0.05, 0) is 80.1 Å². The average Bonchev–Trinajstić information content (AvgIpc) is 3.62. The van der Waals surface area contributed by atoms with E-state index in [1.54, 1.807) is 55.4 Å². The van der Waals surface area contributed by atoms with Crippen molar-refractivity contribution in [1.29, 1.82) is 0 Å². The van der Waals surface area contributed by atoms with Crippen LogP contribution in [0.25, 0.3) is 0 Å². The summed E-state index contributed by atoms with van der Waals surface area (Å²) in [4.78, 5) is 48.1. The van der Waals surface area contributed by atoms with Crippen LogP contribution < -0.4 is 10.6 Å². The topological polar surface area (TPSA) is 136 Å². The fourth-order valence-corrected chi connectivity index (χ4v) is 3.54. The Morgan fingerprint density at radius 2 is 0.947 bits per heavy atom. The molecule has 0 aromatic carbocycles. The Bertz CT molecular complexity index is 776. The van der Waals surface area contributed by atoms with Crippen LogP contribution >= 0.6 is 0 Å². The molecule has 2 heterocycles. The summed E-state index contributed by atoms with van der Waals surface area (Å²) in [7, 11) is 0. The maximum absolute atomic E-state index is 12.3. The molecular formula is C28H50N2O8. The quantitative estimate of drug-likeness (QED) is 0.383. The lowest BCUT2D eigenvalue weighted by Crippen LogP contribution is -2.48. The van der Waals surface area contributed by atoms with Gasteiger partial charge in [-0.2, -0.15) is 0 Å². The zero-order valence-electron chi connectivity index (χ0n) is 25.4. The number of Topliss-reactive ketones (excluding diaryl/α,β-unsaturated/α-hetero) is 2. The summed E-state index contributed by atoms with van der Waals surface area (Å²) in [5.74, 6) is 0.441. The van der Waals surface area contributed by atoms with Crippen molar-refractivity contribution >= 4 is 23.8 Å². The number of hydrogen-bond acceptors (Lipinski definition) is 8. The van der Waals surface area contributed by atoms with Crippen LogP contribution in [0, 0.1) is 11.8 Å². The number of rotatable bonds is 10. The lowest BCUT2D eigenvalue weighted by molar-refractivity contribution is -0.126. The van der Waals surface area contributed by atoms with Gasteiger partial charge in [0.25, 0.3) is 0 Å². The third kappa shape index (κ3) is 12.6. The van der Waals surface area contributed by atoms with Crippen molar-refractivity contribution < 1.29 is 38.1 Å². The molecule has 2 fully saturated rings. The second kappa shape index (κ2) is 12.8. The van der Waals surface area contributed by atoms with E-state index in [4.69, 9.17) is 18.9 Å². The Labute approximate surface area is 228 Å². The lowest BCUT2D eigenvalue weighted by atomic mass is 9.93. The standard InChI is InChI=1S/2C14H25NO4/c2*1-9(2)7-10(11(16)14(6)8-18-14)15-12(17)19-13(3,4)5/h2*9-10H,7-8H2,1-6H3,(H,15,17)/t10-,14+;10-,14-/m00/s1. The zero-order valence-corrected chi connectivity index (χ0v) is 25.4. The highest BCUT2D eigenvalue weighted by atomic mass is 16.6. The number of carbonyl (C=O) groups is 4. The summed E-state index contributed by atoms with van der Waals surface area (Å²) in [6, 6.07) is -1.11. The Morgan fingerprint density at radius 1 is 0.684 bits per heavy atom. The van der Waals surface area contributed by atoms with E-state index in [2.05, 4.69) is 10.6 Å². The van der Waals surface area contributed by atoms with E-state index in [9.17, 15) is 19.2 Å². The normalized spacial score (nSPS) is 23.9. The minimum atomic E-state index is -0.728. The molecule has 0 aliphatic carbocycles. The molecule has 4 atom stereocenters. The van der Waals surface area contributed by atoms with Crippen LogP contribution in [0.4, 0.5) is 9.59 Å². The van der Waals surface area contributed by atoms with Crippen molar-refractivity contribution in [3.8, 4) is 0 Å². The molecule has 0 unspecified atom stereocenters. The van der Waals surface area contributed by atoms with Crippen molar-refractivity contribution in [3.05, 3.63) is 0 Å². The van der Waals surface area contributed by atoms with Crippen LogP contribution in [0.15, 0.2) is 0 Å². The highest BCUT2D eigenvalue weighted by Crippen LogP contribution is 2.30. The minimum absolute atomic E-state index is 0.0768. The van der Waals surface area contributed by atoms with Crippen LogP contribution in [0.3, 0.4) is 0 Å². The molecule has 220 valence electrons. The van der Waals surface area contributed by atoms with Gasteiger partial charge in [0, 0.05) is 0 Å². The number of ether oxygens (including phenoxy) is 4. The van der Waals surface area contributed by atoms with Gasteiger partial charge in [0.15, 0.2) is 11.6 Å². The Balaban J connectivity index is 0.000000380. The fraction of sp³-hybridized carbons (Fsp3) is 0.857. The van der Waals surface area contributed by atoms with Crippen LogP contribution in [0.1, 0.15) is 95.9 Å². The number of nitrogens with one attached hydrogen (secondary N) is 2. The van der Waals surface area contributed by atoms with Crippen molar-refractivity contribution in [2.45, 2.75) is 130 Å². The summed E-state index contributed by atoms with van der Waals surface area (Å²) in [5, 5.41) is 5.32. The van der Waals surface area contributed by atoms with Crippen LogP contribution in [-0.2, 0) is 28.5 Å². The van der Waals surface area contributed by atoms with E-state index in [0.717, 1.165) is 0 Å². The predicted octanol–water partition coefficient (Wildman–Crippen LogP) is 4.57. The second-order valence-corrected chi connectivity index (χ2v) is 13.4. The maximum Gasteiger partial charge on any atom is 0.408 e. The van der Waals surface area contributed by atoms with Crippen LogP contribution in [-0.4, -0.2) is 71.5 Å². The highest BCUT2D eigenvalue weighted by molar-refractivity contribution is 5.96. The number of hydrogen-bond donors (Lipinski definition) is 2. The van der Waals surface area contributed by atoms with Crippen molar-refractivity contribution in [3.63, 3.8) is 0 Å². The first-order valence-corrected chi connectivity index (χ1v) is 13.4. The molecule has 0 radical (unpaired) electrons. The lowest BCUT2D eigenvalue weighted by Gasteiger charge is -2.24. The van der Waals surface area contributed by atoms with E-state index in [1.807, 2.05) is 27.7 Å². The number of amides is 2. The van der Waals surface area contributed by atoms with Crippen molar-refractivity contribution in [2.24, 2.45) is 11.8 Å². The van der Waals surface area contributed by atoms with Gasteiger partial charge < -0.3 is 29.6 Å². The monoisotopic (exact) mass is 542 g/mol. The number of ketones is 2. The molecule has 2 aliphatic rings. The second-order valence-electron chi connectivity index (χ2n) is 13.4. The van der Waals surface area contributed by atoms with Gasteiger partial charge in [0.05, 0.1) is 25.3 Å². The van der Waals surface area contributed by atoms with Gasteiger partial charge in [-0.25, -0.2) is 9.59 Å². The van der Waals surface area contributed by atoms with E-state index in [0.29, 0.717) is 37.9 Å². The molecule has 2 saturated heterocycles. The van der Waals surface area contributed by atoms with Gasteiger partial charge in [-0.3, -0.25) is 9.59 Å². The van der Waals surface area contributed by atoms with E-state index in [-0.39, 0.29) is 11.6 Å². The van der Waals surface area contributed by atoms with Gasteiger partial charge >= 0.3 is 12.2 Å². The van der Waals surface area contributed by atoms with Gasteiger partial charge in [0.1, 0.15) is 22.4 Å². The summed E-state index contributed by atoms with van der Waals surface area (Å²) in [6.07, 6.45) is 0.0418. The Kier molecular flexibility index (Phi) is 11.4. The average molecular weight is 543 g/mol. The maximum atomic E-state index is 12.3. The molecule has 0 aromatic heterocycles. The SMILES string of the molecule is CC(C)C[C@H](NC(=O)OC(C)(C)C)C(=O)[C@@]1(C)CO1.CC(C)C[C@H](NC(=O)OC(C)(C)C)C(=O)[C@]1(C)CO1. The molecule has 2 aliphatic heterocycles. The molecule has 2 amide bonds. The van der Waals surface area contributed by atoms with Crippen molar-refractivity contribution in [2.75, 3.05) is 13.2 Å². The molecule has 2 rings (SSSR count). The molecule has 0 saturated carbocycles. The first-order valence-electron chi connectivity index (χ1n) is 13.4. The first kappa shape index (κ1) is 33.8. The third-order valence-electron chi connectivity index (χ3n) is 5.63. The smallest absolute Gasteiger partial charge is 0.408 e. The van der Waals surface area contributed by atoms with E-state index >= 15 is 0 Å². The first-order chi connectivity index (χ1) is 17.1. The highest BCUT2D eigenvalue weighted by Gasteiger charge is 2.51. The Hall–Kier alpha value is -2.20. The third-order valence-corrected chi connectivity index (χ3v) is 5.63. The van der Waals surface area contributed by atoms with Gasteiger partial charge in [-0.1, -0.05) is 27.7 Å². The summed E-state index contributed by atoms with van der Waals surface area (Å²) in [5.41, 5.74) is -2.60. The summed E-state index contributed by atoms with van der Waals surface area (Å²) >= 11 is 0. The molecule has 2 N–H and O–H groups in total. The fourth-order valence-electron chi connectivity index (χ4n) is 3.54. The zero-order chi connectivity index (χ0) is 29.7. The van der Waals surface area contributed by atoms with E-state index < -0.39 is 46.7 Å². The Morgan fingerprint density at radius 3 is 1.13 bits per heavy atom. The number of carbonyl (C=O) groups excluding carboxylic acids is 4. The molecule has 0 aromatic rings. The number of alkyl carbamates (subject to hydrolysis) is 2. The molecule has 10 heteroatoms. The van der Waals surface area contributed by atoms with Crippen LogP contribution in [0.5, 0.6) is 0 Å². The summed E-state index contributed by atoms with van der Waals surface area (Å²) < 4.78 is 20.7. The largest absolute Gasteiger partial charge is 0.444 e. The number of epoxide rings is 2. The van der Waals surface area contributed by atoms with Crippen LogP contribution in [0.2, 0.25) is 0 Å². The molecule has 38 heavy (non-hydrogen) atoms. The van der Waals surface area contributed by atoms with Crippen molar-refractivity contribution in [1.82, 2.24) is 10.6 Å². The predicted molar refractivity (Wildman–Crippen MR) is 144 cm³/mol. The molecule has 10 nitrogen and oxygen atoms in total. The van der Waals surface area contributed by atoms with Gasteiger partial charge in [0.2, 0.25) is 0 Å². The molecule has 0 bridgehead atoms.